The van der Waals surface area contributed by atoms with Crippen molar-refractivity contribution in [2.45, 2.75) is 57.5 Å². The Morgan fingerprint density at radius 2 is 2.03 bits per heavy atom. The van der Waals surface area contributed by atoms with E-state index < -0.39 is 0 Å². The van der Waals surface area contributed by atoms with Crippen LogP contribution in [0.5, 0.6) is 0 Å². The minimum absolute atomic E-state index is 0.0712. The Labute approximate surface area is 221 Å². The molecule has 0 spiro atoms. The van der Waals surface area contributed by atoms with Crippen LogP contribution >= 0.6 is 11.3 Å². The van der Waals surface area contributed by atoms with Gasteiger partial charge in [-0.05, 0) is 44.9 Å². The molecule has 0 saturated carbocycles. The predicted octanol–water partition coefficient (Wildman–Crippen LogP) is 3.78. The van der Waals surface area contributed by atoms with E-state index in [1.54, 1.807) is 18.5 Å². The lowest BCUT2D eigenvalue weighted by Gasteiger charge is -2.51. The number of nitriles is 1. The molecule has 5 atom stereocenters. The fourth-order valence-electron chi connectivity index (χ4n) is 5.66. The Balaban J connectivity index is 1.43. The molecule has 4 heterocycles. The molecule has 9 nitrogen and oxygen atoms in total. The molecule has 2 saturated heterocycles. The topological polar surface area (TPSA) is 110 Å². The van der Waals surface area contributed by atoms with Crippen LogP contribution in [0.2, 0.25) is 0 Å². The number of anilines is 1. The maximum absolute atomic E-state index is 13.1. The third-order valence-electron chi connectivity index (χ3n) is 7.66. The molecular formula is C27H32N8OS. The van der Waals surface area contributed by atoms with E-state index in [4.69, 9.17) is 0 Å². The van der Waals surface area contributed by atoms with Crippen LogP contribution in [0.4, 0.5) is 5.13 Å². The van der Waals surface area contributed by atoms with E-state index in [0.29, 0.717) is 21.7 Å². The Bertz CT molecular complexity index is 1260. The number of rotatable bonds is 6. The first-order valence-electron chi connectivity index (χ1n) is 12.7. The van der Waals surface area contributed by atoms with Crippen LogP contribution in [-0.4, -0.2) is 62.6 Å². The van der Waals surface area contributed by atoms with Crippen LogP contribution in [-0.2, 0) is 0 Å². The number of thiazole rings is 1. The summed E-state index contributed by atoms with van der Waals surface area (Å²) in [6, 6.07) is 12.9. The lowest BCUT2D eigenvalue weighted by Crippen LogP contribution is -2.64. The van der Waals surface area contributed by atoms with Gasteiger partial charge in [-0.1, -0.05) is 48.1 Å². The molecule has 2 aliphatic heterocycles. The summed E-state index contributed by atoms with van der Waals surface area (Å²) < 4.78 is 0. The normalized spacial score (nSPS) is 26.5. The van der Waals surface area contributed by atoms with Crippen molar-refractivity contribution in [1.82, 2.24) is 30.1 Å². The second-order valence-electron chi connectivity index (χ2n) is 9.95. The quantitative estimate of drug-likeness (QED) is 0.509. The van der Waals surface area contributed by atoms with Gasteiger partial charge in [-0.2, -0.15) is 5.26 Å². The molecule has 4 unspecified atom stereocenters. The molecule has 1 amide bonds. The van der Waals surface area contributed by atoms with E-state index in [9.17, 15) is 10.1 Å². The molecule has 2 fully saturated rings. The molecule has 3 aromatic rings. The van der Waals surface area contributed by atoms with Gasteiger partial charge in [0, 0.05) is 30.7 Å². The molecule has 192 valence electrons. The molecule has 1 aromatic carbocycles. The average Bonchev–Trinajstić information content (AvgIpc) is 3.59. The molecule has 2 N–H and O–H groups in total. The number of aromatic nitrogens is 3. The van der Waals surface area contributed by atoms with Crippen molar-refractivity contribution >= 4 is 22.4 Å². The first kappa shape index (κ1) is 25.3. The van der Waals surface area contributed by atoms with Gasteiger partial charge in [0.05, 0.1) is 18.5 Å². The molecule has 5 rings (SSSR count). The smallest absolute Gasteiger partial charge is 0.270 e. The molecule has 0 bridgehead atoms. The monoisotopic (exact) mass is 516 g/mol. The zero-order chi connectivity index (χ0) is 25.9. The van der Waals surface area contributed by atoms with E-state index in [-0.39, 0.29) is 30.2 Å². The highest BCUT2D eigenvalue weighted by atomic mass is 32.1. The Kier molecular flexibility index (Phi) is 7.46. The largest absolute Gasteiger partial charge is 0.347 e. The van der Waals surface area contributed by atoms with Gasteiger partial charge < -0.3 is 10.6 Å². The number of nitrogens with zero attached hydrogens (tertiary/aromatic N) is 6. The molecule has 2 aliphatic rings. The zero-order valence-electron chi connectivity index (χ0n) is 21.3. The van der Waals surface area contributed by atoms with E-state index >= 15 is 0 Å². The Morgan fingerprint density at radius 1 is 1.22 bits per heavy atom. The van der Waals surface area contributed by atoms with Crippen molar-refractivity contribution in [3.63, 3.8) is 0 Å². The molecule has 2 aromatic heterocycles. The maximum atomic E-state index is 13.1. The van der Waals surface area contributed by atoms with Gasteiger partial charge in [-0.25, -0.2) is 15.0 Å². The number of carbonyl (C=O) groups is 1. The van der Waals surface area contributed by atoms with Crippen molar-refractivity contribution in [1.29, 1.82) is 5.26 Å². The van der Waals surface area contributed by atoms with Gasteiger partial charge in [0.15, 0.2) is 5.13 Å². The minimum atomic E-state index is -0.196. The van der Waals surface area contributed by atoms with Gasteiger partial charge in [-0.15, -0.1) is 0 Å². The third kappa shape index (κ3) is 5.34. The Hall–Kier alpha value is -3.39. The number of carbonyl (C=O) groups excluding carboxylic acids is 1. The lowest BCUT2D eigenvalue weighted by molar-refractivity contribution is -0.0363. The number of piperidine rings is 1. The van der Waals surface area contributed by atoms with Gasteiger partial charge >= 0.3 is 0 Å². The third-order valence-corrected chi connectivity index (χ3v) is 8.50. The molecule has 37 heavy (non-hydrogen) atoms. The second-order valence-corrected chi connectivity index (χ2v) is 11.0. The summed E-state index contributed by atoms with van der Waals surface area (Å²) in [5.74, 6) is -0.124. The SMILES string of the molecule is Cc1ccc([C@@H]2CCCN2C2CC(NC(=O)c3ccncn3)C(C)C(Nc3ncc(C#N)s3)N2C)cc1. The van der Waals surface area contributed by atoms with Gasteiger partial charge in [0.25, 0.3) is 5.91 Å². The highest BCUT2D eigenvalue weighted by molar-refractivity contribution is 7.16. The number of nitrogens with one attached hydrogen (secondary N) is 2. The number of likely N-dealkylation sites (tertiary alicyclic amines) is 2. The van der Waals surface area contributed by atoms with E-state index in [1.807, 2.05) is 0 Å². The van der Waals surface area contributed by atoms with Gasteiger partial charge in [-0.3, -0.25) is 14.6 Å². The number of amides is 1. The molecule has 0 radical (unpaired) electrons. The summed E-state index contributed by atoms with van der Waals surface area (Å²) in [5, 5.41) is 16.8. The standard InChI is InChI=1S/C27H32N8OS/c1-17-6-8-19(9-7-17)23-5-4-12-35(23)24-13-22(32-26(36)21-10-11-29-16-31-21)18(2)25(34(24)3)33-27-30-15-20(14-28)37-27/h6-11,15-16,18,22-25H,4-5,12-13H2,1-3H3,(H,30,33)(H,32,36)/t18?,22?,23-,24?,25?/m0/s1. The van der Waals surface area contributed by atoms with Crippen LogP contribution in [0.3, 0.4) is 0 Å². The molecular weight excluding hydrogens is 484 g/mol. The fourth-order valence-corrected chi connectivity index (χ4v) is 6.30. The first-order valence-corrected chi connectivity index (χ1v) is 13.5. The summed E-state index contributed by atoms with van der Waals surface area (Å²) >= 11 is 1.35. The number of hydrogen-bond donors (Lipinski definition) is 2. The fraction of sp³-hybridized carbons (Fsp3) is 0.444. The van der Waals surface area contributed by atoms with Crippen molar-refractivity contribution in [3.05, 3.63) is 70.8 Å². The van der Waals surface area contributed by atoms with Crippen LogP contribution in [0.25, 0.3) is 0 Å². The van der Waals surface area contributed by atoms with Crippen molar-refractivity contribution in [3.8, 4) is 6.07 Å². The maximum Gasteiger partial charge on any atom is 0.270 e. The summed E-state index contributed by atoms with van der Waals surface area (Å²) in [6.07, 6.45) is 7.62. The van der Waals surface area contributed by atoms with Gasteiger partial charge in [0.2, 0.25) is 0 Å². The highest BCUT2D eigenvalue weighted by Crippen LogP contribution is 2.39. The van der Waals surface area contributed by atoms with Gasteiger partial charge in [0.1, 0.15) is 23.0 Å². The second kappa shape index (κ2) is 10.9. The van der Waals surface area contributed by atoms with Crippen molar-refractivity contribution in [2.24, 2.45) is 5.92 Å². The summed E-state index contributed by atoms with van der Waals surface area (Å²) in [6.45, 7) is 5.26. The van der Waals surface area contributed by atoms with Crippen LogP contribution in [0.15, 0.2) is 49.1 Å². The minimum Gasteiger partial charge on any atom is -0.347 e. The van der Waals surface area contributed by atoms with Crippen LogP contribution < -0.4 is 10.6 Å². The zero-order valence-corrected chi connectivity index (χ0v) is 22.2. The molecule has 0 aliphatic carbocycles. The van der Waals surface area contributed by atoms with Crippen molar-refractivity contribution < 1.29 is 4.79 Å². The highest BCUT2D eigenvalue weighted by Gasteiger charge is 2.45. The van der Waals surface area contributed by atoms with E-state index in [0.717, 1.165) is 25.8 Å². The lowest BCUT2D eigenvalue weighted by atomic mass is 9.87. The Morgan fingerprint density at radius 3 is 2.73 bits per heavy atom. The van der Waals surface area contributed by atoms with E-state index in [1.165, 1.54) is 28.8 Å². The number of hydrogen-bond acceptors (Lipinski definition) is 9. The molecule has 10 heteroatoms. The number of aryl methyl sites for hydroxylation is 1. The summed E-state index contributed by atoms with van der Waals surface area (Å²) in [4.78, 5) is 31.1. The van der Waals surface area contributed by atoms with Crippen molar-refractivity contribution in [2.75, 3.05) is 18.9 Å². The van der Waals surface area contributed by atoms with Crippen LogP contribution in [0, 0.1) is 24.2 Å². The van der Waals surface area contributed by atoms with E-state index in [2.05, 4.69) is 86.6 Å². The first-order chi connectivity index (χ1) is 17.9. The number of benzene rings is 1. The van der Waals surface area contributed by atoms with Crippen LogP contribution in [0.1, 0.15) is 58.7 Å². The summed E-state index contributed by atoms with van der Waals surface area (Å²) in [5.41, 5.74) is 2.95. The average molecular weight is 517 g/mol. The predicted molar refractivity (Wildman–Crippen MR) is 143 cm³/mol. The summed E-state index contributed by atoms with van der Waals surface area (Å²) in [7, 11) is 2.14.